The van der Waals surface area contributed by atoms with E-state index in [0.717, 1.165) is 92.0 Å². The normalized spacial score (nSPS) is 25.8. The third-order valence-corrected chi connectivity index (χ3v) is 25.1. The fraction of sp³-hybridized carbons (Fsp3) is 0.500. The lowest BCUT2D eigenvalue weighted by atomic mass is 10.0. The van der Waals surface area contributed by atoms with Crippen molar-refractivity contribution in [3.05, 3.63) is 224 Å². The van der Waals surface area contributed by atoms with Gasteiger partial charge in [0.15, 0.2) is 84.2 Å². The van der Waals surface area contributed by atoms with Crippen molar-refractivity contribution in [3.63, 3.8) is 0 Å². The standard InChI is InChI=1S/C23H28N2O4S.C20H24N2O4S.C18H23NO5.C17H21NO5.C10H13N.C8H12O6/c1-23(2)28-19(21(26)24-13-12-17-10-7-15-30-17)20(29-23)22(27)25-14-6-11-18(25)16-8-4-3-5-9-16;23-17(19(25)21-11-10-15-8-5-13-27-15)18(24)20(26)22-12-4-9-16(22)14-6-2-1-3-7-14;1-18(2)23-14(15(24-18)17(21)22-3)16(20)19-11-7-10-13(19)12-8-5-4-6-9-12;1-17(2)22-13(14(23-17)16(20)21)15(19)18-10-6-9-12(18)11-7-4-3-5-8-11;1-2-5-9(6-3-1)10-7-4-8-11-10;1-8(2)13-4(6(9)10)5(14-8)7(11)12-3/h3-5,7-10,15,18-20H,6,11-14H2,1-2H3,(H,24,26);1-3,5-8,13,16-18,23-24H,4,9-12H2,(H,21,25);4-6,8-9,13-15H,7,10-11H2,1-3H3;3-5,7-8,12-14H,6,9-10H2,1-2H3,(H,20,21);1-3,5-6,10-11H,4,7-8H2;4-5H,1-3H3,(H,9,10)/t18-,19+,20+;16-,17+,18+;13-,14+,15+;12-,13+,14+;10-;4-,5-/m000001/s1. The third-order valence-electron chi connectivity index (χ3n) is 23.2. The number of aliphatic hydroxyl groups excluding tert-OH is 2. The summed E-state index contributed by atoms with van der Waals surface area (Å²) in [6.45, 7) is 17.6. The van der Waals surface area contributed by atoms with Crippen LogP contribution in [0.1, 0.15) is 187 Å². The molecule has 0 aliphatic carbocycles. The maximum absolute atomic E-state index is 13.4. The minimum Gasteiger partial charge on any atom is -0.479 e. The predicted molar refractivity (Wildman–Crippen MR) is 476 cm³/mol. The fourth-order valence-electron chi connectivity index (χ4n) is 17.3. The van der Waals surface area contributed by atoms with E-state index in [2.05, 4.69) is 51.0 Å². The summed E-state index contributed by atoms with van der Waals surface area (Å²) >= 11 is 3.24. The second-order valence-corrected chi connectivity index (χ2v) is 36.3. The Morgan fingerprint density at radius 3 is 1.05 bits per heavy atom. The Labute approximate surface area is 760 Å². The quantitative estimate of drug-likeness (QED) is 0.0310. The molecule has 129 heavy (non-hydrogen) atoms. The van der Waals surface area contributed by atoms with Crippen LogP contribution in [0, 0.1) is 0 Å². The van der Waals surface area contributed by atoms with Crippen LogP contribution in [0.3, 0.4) is 0 Å². The van der Waals surface area contributed by atoms with Gasteiger partial charge in [0.2, 0.25) is 0 Å². The molecule has 16 rings (SSSR count). The van der Waals surface area contributed by atoms with Crippen LogP contribution in [0.2, 0.25) is 0 Å². The van der Waals surface area contributed by atoms with Gasteiger partial charge in [0.1, 0.15) is 0 Å². The lowest BCUT2D eigenvalue weighted by molar-refractivity contribution is -0.170. The number of amides is 6. The molecule has 9 aliphatic heterocycles. The first-order valence-electron chi connectivity index (χ1n) is 43.9. The summed E-state index contributed by atoms with van der Waals surface area (Å²) < 4.78 is 53.3. The number of carbonyl (C=O) groups excluding carboxylic acids is 8. The number of hydrogen-bond donors (Lipinski definition) is 7. The molecule has 0 radical (unpaired) electrons. The number of rotatable bonds is 22. The number of nitrogens with zero attached hydrogens (tertiary/aromatic N) is 4. The van der Waals surface area contributed by atoms with Crippen molar-refractivity contribution in [1.82, 2.24) is 35.6 Å². The first-order chi connectivity index (χ1) is 61.7. The molecule has 9 aliphatic rings. The summed E-state index contributed by atoms with van der Waals surface area (Å²) in [5, 5.41) is 51.4. The third kappa shape index (κ3) is 26.8. The molecule has 0 spiro atoms. The minimum atomic E-state index is -1.78. The summed E-state index contributed by atoms with van der Waals surface area (Å²) in [6.07, 6.45) is -1.29. The molecule has 9 saturated heterocycles. The highest BCUT2D eigenvalue weighted by Crippen LogP contribution is 2.42. The molecular weight excluding hydrogens is 1700 g/mol. The number of thiophene rings is 2. The average molecular weight is 1820 g/mol. The number of aliphatic hydroxyl groups is 2. The number of esters is 2. The molecule has 33 heteroatoms. The first-order valence-corrected chi connectivity index (χ1v) is 45.6. The van der Waals surface area contributed by atoms with E-state index >= 15 is 0 Å². The summed E-state index contributed by atoms with van der Waals surface area (Å²) in [7, 11) is 2.44. The van der Waals surface area contributed by atoms with Gasteiger partial charge in [0, 0.05) is 55.1 Å². The Balaban J connectivity index is 0.000000153. The van der Waals surface area contributed by atoms with E-state index in [1.165, 1.54) is 50.8 Å². The van der Waals surface area contributed by atoms with E-state index in [1.54, 1.807) is 78.9 Å². The summed E-state index contributed by atoms with van der Waals surface area (Å²) in [5.41, 5.74) is 5.69. The number of nitrogens with one attached hydrogen (secondary N) is 3. The second-order valence-electron chi connectivity index (χ2n) is 34.2. The Kier molecular flexibility index (Phi) is 35.4. The van der Waals surface area contributed by atoms with Crippen LogP contribution in [0.5, 0.6) is 0 Å². The van der Waals surface area contributed by atoms with Gasteiger partial charge in [-0.15, -0.1) is 22.7 Å². The molecule has 6 amide bonds. The monoisotopic (exact) mass is 1820 g/mol. The van der Waals surface area contributed by atoms with Gasteiger partial charge in [-0.2, -0.15) is 0 Å². The summed E-state index contributed by atoms with van der Waals surface area (Å²) in [4.78, 5) is 131. The van der Waals surface area contributed by atoms with Crippen LogP contribution in [0.4, 0.5) is 0 Å². The van der Waals surface area contributed by atoms with Crippen LogP contribution in [0.25, 0.3) is 0 Å². The highest BCUT2D eigenvalue weighted by Gasteiger charge is 2.56. The van der Waals surface area contributed by atoms with Crippen molar-refractivity contribution in [2.24, 2.45) is 0 Å². The number of carboxylic acid groups (broad SMARTS) is 2. The highest BCUT2D eigenvalue weighted by atomic mass is 32.1. The number of likely N-dealkylation sites (tertiary alicyclic amines) is 4. The van der Waals surface area contributed by atoms with Crippen molar-refractivity contribution < 1.29 is 116 Å². The molecule has 0 unspecified atom stereocenters. The predicted octanol–water partition coefficient (Wildman–Crippen LogP) is 10.7. The highest BCUT2D eigenvalue weighted by molar-refractivity contribution is 7.10. The number of hydrogen-bond acceptors (Lipinski definition) is 25. The minimum absolute atomic E-state index is 0.00399. The molecule has 11 heterocycles. The van der Waals surface area contributed by atoms with Gasteiger partial charge >= 0.3 is 23.9 Å². The van der Waals surface area contributed by atoms with E-state index in [9.17, 15) is 63.3 Å². The van der Waals surface area contributed by atoms with E-state index in [-0.39, 0.29) is 47.8 Å². The van der Waals surface area contributed by atoms with Crippen molar-refractivity contribution >= 4 is 82.0 Å². The number of ether oxygens (including phenoxy) is 10. The largest absolute Gasteiger partial charge is 0.479 e. The van der Waals surface area contributed by atoms with Gasteiger partial charge in [-0.25, -0.2) is 19.2 Å². The van der Waals surface area contributed by atoms with Gasteiger partial charge in [-0.05, 0) is 190 Å². The molecule has 2 aromatic heterocycles. The van der Waals surface area contributed by atoms with Crippen molar-refractivity contribution in [1.29, 1.82) is 0 Å². The molecule has 696 valence electrons. The molecule has 15 atom stereocenters. The van der Waals surface area contributed by atoms with Crippen LogP contribution >= 0.6 is 22.7 Å². The van der Waals surface area contributed by atoms with E-state index in [1.807, 2.05) is 161 Å². The summed E-state index contributed by atoms with van der Waals surface area (Å²) in [5.74, 6) is -10.3. The van der Waals surface area contributed by atoms with Crippen LogP contribution in [-0.2, 0) is 108 Å². The van der Waals surface area contributed by atoms with Crippen molar-refractivity contribution in [3.8, 4) is 0 Å². The Morgan fingerprint density at radius 1 is 0.388 bits per heavy atom. The zero-order valence-electron chi connectivity index (χ0n) is 74.6. The van der Waals surface area contributed by atoms with Gasteiger partial charge in [0.25, 0.3) is 35.4 Å². The summed E-state index contributed by atoms with van der Waals surface area (Å²) in [6, 6.07) is 58.4. The molecule has 9 fully saturated rings. The Morgan fingerprint density at radius 2 is 0.698 bits per heavy atom. The topological polar surface area (TPSA) is 393 Å². The van der Waals surface area contributed by atoms with Gasteiger partial charge in [-0.3, -0.25) is 28.8 Å². The molecule has 5 aromatic carbocycles. The van der Waals surface area contributed by atoms with Crippen molar-refractivity contribution in [2.45, 2.75) is 247 Å². The number of carbonyl (C=O) groups is 10. The van der Waals surface area contributed by atoms with Gasteiger partial charge < -0.3 is 103 Å². The smallest absolute Gasteiger partial charge is 0.338 e. The van der Waals surface area contributed by atoms with Crippen molar-refractivity contribution in [2.75, 3.05) is 60.0 Å². The van der Waals surface area contributed by atoms with Crippen LogP contribution in [-0.4, -0.2) is 244 Å². The van der Waals surface area contributed by atoms with Crippen LogP contribution < -0.4 is 16.0 Å². The lowest BCUT2D eigenvalue weighted by Gasteiger charge is -2.28. The van der Waals surface area contributed by atoms with E-state index < -0.39 is 120 Å². The molecule has 0 bridgehead atoms. The fourth-order valence-corrected chi connectivity index (χ4v) is 18.7. The maximum atomic E-state index is 13.4. The van der Waals surface area contributed by atoms with Gasteiger partial charge in [0.05, 0.1) is 38.4 Å². The molecule has 31 nitrogen and oxygen atoms in total. The number of carboxylic acids is 2. The Bertz CT molecular complexity index is 4800. The SMILES string of the molecule is CC1(C)O[C@@H](C(=O)NCCc2cccs2)[C@H](C(=O)N2CCC[C@H]2c2ccccc2)O1.CC1(C)O[C@@H](C(=O)O)[C@H](C(=O)N2CCC[C@H]2c2ccccc2)O1.COC(=O)[C@@H]1OC(C)(C)O[C@H]1C(=O)N1CCC[C@H]1c1ccccc1.COC(=O)[C@@H]1OC(C)(C)O[C@H]1C(=O)O.O=C(NCCc1cccs1)[C@H](O)[C@@H](O)C(=O)N1CCC[C@H]1c1ccccc1.c1ccc([C@@H]2CCCN2)cc1. The molecule has 0 saturated carbocycles. The van der Waals surface area contributed by atoms with E-state index in [0.29, 0.717) is 51.7 Å². The lowest BCUT2D eigenvalue weighted by Crippen LogP contribution is -2.50. The zero-order valence-corrected chi connectivity index (χ0v) is 76.2. The number of aliphatic carboxylic acids is 2. The number of methoxy groups -OCH3 is 2. The van der Waals surface area contributed by atoms with Crippen LogP contribution in [0.15, 0.2) is 187 Å². The number of benzene rings is 5. The molecule has 7 aromatic rings. The maximum Gasteiger partial charge on any atom is 0.338 e. The van der Waals surface area contributed by atoms with E-state index in [4.69, 9.17) is 47.7 Å². The Hall–Kier alpha value is -10.2. The van der Waals surface area contributed by atoms with Gasteiger partial charge in [-0.1, -0.05) is 164 Å². The average Bonchev–Trinajstić information content (AvgIpc) is 1.64. The zero-order chi connectivity index (χ0) is 92.7. The second kappa shape index (κ2) is 46.0. The molecular formula is C96H121N7O24S2. The molecule has 7 N–H and O–H groups in total. The first kappa shape index (κ1) is 99.3.